The Kier molecular flexibility index (Phi) is 6.29. The molecule has 1 atom stereocenters. The van der Waals surface area contributed by atoms with Crippen LogP contribution in [0.25, 0.3) is 0 Å². The zero-order valence-electron chi connectivity index (χ0n) is 13.5. The summed E-state index contributed by atoms with van der Waals surface area (Å²) in [5.41, 5.74) is 1.05. The Hall–Kier alpha value is -1.28. The summed E-state index contributed by atoms with van der Waals surface area (Å²) in [5, 5.41) is 0. The second-order valence-corrected chi connectivity index (χ2v) is 6.61. The van der Waals surface area contributed by atoms with Crippen LogP contribution in [0, 0.1) is 0 Å². The number of rotatable bonds is 2. The Morgan fingerprint density at radius 1 is 1.35 bits per heavy atom. The lowest BCUT2D eigenvalue weighted by atomic mass is 10.1. The molecular weight excluding hydrogens is 340 g/mol. The van der Waals surface area contributed by atoms with Gasteiger partial charge in [-0.2, -0.15) is 4.36 Å². The van der Waals surface area contributed by atoms with Crippen LogP contribution in [-0.4, -0.2) is 67.3 Å². The van der Waals surface area contributed by atoms with Gasteiger partial charge in [0.2, 0.25) is 0 Å². The van der Waals surface area contributed by atoms with E-state index in [1.807, 2.05) is 13.2 Å². The van der Waals surface area contributed by atoms with Crippen LogP contribution >= 0.6 is 12.4 Å². The molecule has 0 spiro atoms. The van der Waals surface area contributed by atoms with Crippen LogP contribution in [0.15, 0.2) is 20.3 Å². The number of carbonyl (C=O) groups is 1. The lowest BCUT2D eigenvalue weighted by Gasteiger charge is -2.37. The maximum atomic E-state index is 11.8. The van der Waals surface area contributed by atoms with E-state index >= 15 is 0 Å². The molecule has 0 bridgehead atoms. The average molecular weight is 363 g/mol. The smallest absolute Gasteiger partial charge is 0.409 e. The van der Waals surface area contributed by atoms with E-state index < -0.39 is 0 Å². The van der Waals surface area contributed by atoms with Crippen LogP contribution in [0.1, 0.15) is 19.8 Å². The molecule has 0 aromatic carbocycles. The number of halogens is 1. The highest BCUT2D eigenvalue weighted by molar-refractivity contribution is 7.85. The molecule has 3 rings (SSSR count). The molecule has 1 unspecified atom stereocenters. The summed E-state index contributed by atoms with van der Waals surface area (Å²) < 4.78 is 20.2. The highest BCUT2D eigenvalue weighted by Gasteiger charge is 2.30. The Balaban J connectivity index is 0.00000192. The summed E-state index contributed by atoms with van der Waals surface area (Å²) in [4.78, 5) is 15.7. The zero-order chi connectivity index (χ0) is 15.5. The standard InChI is InChI=1S/C14H22N4O3S.ClH/c1-3-20-14(19)18-8-6-17(7-9-18)13-12-11(5-4-10-21-12)15-22(2)16-13;/h3-10H2,1-2H3;1H. The van der Waals surface area contributed by atoms with Gasteiger partial charge in [-0.15, -0.1) is 12.4 Å². The van der Waals surface area contributed by atoms with Crippen molar-refractivity contribution in [1.82, 2.24) is 9.80 Å². The minimum Gasteiger partial charge on any atom is -0.488 e. The second-order valence-electron chi connectivity index (χ2n) is 5.35. The van der Waals surface area contributed by atoms with Gasteiger partial charge in [-0.05, 0) is 19.8 Å². The first-order valence-electron chi connectivity index (χ1n) is 7.68. The predicted molar refractivity (Wildman–Crippen MR) is 92.8 cm³/mol. The summed E-state index contributed by atoms with van der Waals surface area (Å²) in [6.07, 6.45) is 3.78. The largest absolute Gasteiger partial charge is 0.488 e. The lowest BCUT2D eigenvalue weighted by molar-refractivity contribution is 0.0848. The molecule has 2 saturated heterocycles. The minimum atomic E-state index is -0.333. The van der Waals surface area contributed by atoms with Crippen molar-refractivity contribution in [3.05, 3.63) is 11.6 Å². The van der Waals surface area contributed by atoms with E-state index in [-0.39, 0.29) is 29.4 Å². The maximum absolute atomic E-state index is 11.8. The van der Waals surface area contributed by atoms with E-state index in [9.17, 15) is 4.79 Å². The monoisotopic (exact) mass is 362 g/mol. The second kappa shape index (κ2) is 8.01. The molecule has 3 heterocycles. The molecular formula is C14H23ClN4O3S. The van der Waals surface area contributed by atoms with Crippen LogP contribution in [0.3, 0.4) is 0 Å². The molecule has 3 aliphatic heterocycles. The number of nitrogens with zero attached hydrogens (tertiary/aromatic N) is 4. The van der Waals surface area contributed by atoms with Crippen LogP contribution < -0.4 is 0 Å². The first-order chi connectivity index (χ1) is 10.7. The van der Waals surface area contributed by atoms with E-state index in [2.05, 4.69) is 13.7 Å². The van der Waals surface area contributed by atoms with E-state index in [1.165, 1.54) is 0 Å². The van der Waals surface area contributed by atoms with Gasteiger partial charge in [0.05, 0.1) is 18.9 Å². The summed E-state index contributed by atoms with van der Waals surface area (Å²) >= 11 is 0. The van der Waals surface area contributed by atoms with Gasteiger partial charge in [0.25, 0.3) is 0 Å². The molecule has 2 fully saturated rings. The van der Waals surface area contributed by atoms with Crippen LogP contribution in [0.5, 0.6) is 0 Å². The average Bonchev–Trinajstić information content (AvgIpc) is 2.54. The van der Waals surface area contributed by atoms with Crippen molar-refractivity contribution >= 4 is 35.1 Å². The summed E-state index contributed by atoms with van der Waals surface area (Å²) in [7, 11) is -0.333. The van der Waals surface area contributed by atoms with Gasteiger partial charge in [-0.3, -0.25) is 0 Å². The molecule has 7 nitrogen and oxygen atoms in total. The summed E-state index contributed by atoms with van der Waals surface area (Å²) in [6.45, 7) is 5.75. The van der Waals surface area contributed by atoms with E-state index in [4.69, 9.17) is 9.47 Å². The molecule has 0 aromatic rings. The van der Waals surface area contributed by atoms with Crippen molar-refractivity contribution in [3.8, 4) is 0 Å². The molecule has 0 aromatic heterocycles. The SMILES string of the molecule is CCOC(=O)N1CCN(C2=C3OCCCC3=NS(C)=N2)CC1.Cl. The van der Waals surface area contributed by atoms with Crippen molar-refractivity contribution in [2.24, 2.45) is 8.76 Å². The molecule has 0 saturated carbocycles. The fourth-order valence-corrected chi connectivity index (χ4v) is 3.74. The quantitative estimate of drug-likeness (QED) is 0.753. The van der Waals surface area contributed by atoms with Crippen molar-refractivity contribution in [2.45, 2.75) is 19.8 Å². The first-order valence-corrected chi connectivity index (χ1v) is 9.23. The third kappa shape index (κ3) is 3.98. The number of allylic oxidation sites excluding steroid dienone is 1. The van der Waals surface area contributed by atoms with Gasteiger partial charge < -0.3 is 19.3 Å². The topological polar surface area (TPSA) is 66.7 Å². The fraction of sp³-hybridized carbons (Fsp3) is 0.714. The lowest BCUT2D eigenvalue weighted by Crippen LogP contribution is -2.49. The predicted octanol–water partition coefficient (Wildman–Crippen LogP) is 1.96. The molecule has 0 radical (unpaired) electrons. The number of fused-ring (bicyclic) bond motifs is 1. The maximum Gasteiger partial charge on any atom is 0.409 e. The van der Waals surface area contributed by atoms with Gasteiger partial charge in [-0.25, -0.2) is 9.19 Å². The Morgan fingerprint density at radius 3 is 2.78 bits per heavy atom. The van der Waals surface area contributed by atoms with E-state index in [0.29, 0.717) is 19.7 Å². The third-order valence-electron chi connectivity index (χ3n) is 3.84. The number of piperazine rings is 1. The van der Waals surface area contributed by atoms with Crippen molar-refractivity contribution in [3.63, 3.8) is 0 Å². The molecule has 130 valence electrons. The van der Waals surface area contributed by atoms with E-state index in [1.54, 1.807) is 4.90 Å². The first kappa shape index (κ1) is 18.1. The highest BCUT2D eigenvalue weighted by atomic mass is 35.5. The third-order valence-corrected chi connectivity index (χ3v) is 4.76. The molecule has 1 amide bonds. The number of hydrogen-bond acceptors (Lipinski definition) is 6. The number of amides is 1. The molecule has 0 N–H and O–H groups in total. The van der Waals surface area contributed by atoms with Gasteiger partial charge in [0.1, 0.15) is 0 Å². The van der Waals surface area contributed by atoms with Gasteiger partial charge in [0.15, 0.2) is 11.6 Å². The van der Waals surface area contributed by atoms with Crippen LogP contribution in [0.4, 0.5) is 4.79 Å². The Morgan fingerprint density at radius 2 is 2.09 bits per heavy atom. The van der Waals surface area contributed by atoms with Gasteiger partial charge in [0, 0.05) is 43.3 Å². The molecule has 0 aliphatic carbocycles. The number of carbonyl (C=O) groups excluding carboxylic acids is 1. The number of hydrogen-bond donors (Lipinski definition) is 0. The molecule has 3 aliphatic rings. The van der Waals surface area contributed by atoms with Crippen LogP contribution in [0.2, 0.25) is 0 Å². The highest BCUT2D eigenvalue weighted by Crippen LogP contribution is 2.27. The fourth-order valence-electron chi connectivity index (χ4n) is 2.75. The summed E-state index contributed by atoms with van der Waals surface area (Å²) in [6, 6.07) is 0. The molecule has 9 heteroatoms. The minimum absolute atomic E-state index is 0. The van der Waals surface area contributed by atoms with E-state index in [0.717, 1.165) is 49.8 Å². The van der Waals surface area contributed by atoms with Crippen molar-refractivity contribution < 1.29 is 14.3 Å². The molecule has 23 heavy (non-hydrogen) atoms. The Bertz CT molecular complexity index is 556. The normalized spacial score (nSPS) is 23.9. The summed E-state index contributed by atoms with van der Waals surface area (Å²) in [5.74, 6) is 1.76. The van der Waals surface area contributed by atoms with Gasteiger partial charge in [-0.1, -0.05) is 0 Å². The number of ether oxygens (including phenoxy) is 2. The van der Waals surface area contributed by atoms with Crippen molar-refractivity contribution in [1.29, 1.82) is 0 Å². The van der Waals surface area contributed by atoms with Gasteiger partial charge >= 0.3 is 6.09 Å². The zero-order valence-corrected chi connectivity index (χ0v) is 15.1. The Labute approximate surface area is 145 Å². The van der Waals surface area contributed by atoms with Crippen LogP contribution in [-0.2, 0) is 20.4 Å². The van der Waals surface area contributed by atoms with Crippen molar-refractivity contribution in [2.75, 3.05) is 45.6 Å².